The molecule has 0 unspecified atom stereocenters. The van der Waals surface area contributed by atoms with E-state index in [0.717, 1.165) is 0 Å². The summed E-state index contributed by atoms with van der Waals surface area (Å²) in [4.78, 5) is 30.6. The van der Waals surface area contributed by atoms with Gasteiger partial charge in [-0.1, -0.05) is 23.7 Å². The summed E-state index contributed by atoms with van der Waals surface area (Å²) in [6, 6.07) is 9.54. The second-order valence-electron chi connectivity index (χ2n) is 7.60. The third kappa shape index (κ3) is 3.54. The highest BCUT2D eigenvalue weighted by Crippen LogP contribution is 2.44. The van der Waals surface area contributed by atoms with Gasteiger partial charge >= 0.3 is 0 Å². The van der Waals surface area contributed by atoms with Crippen molar-refractivity contribution in [1.29, 1.82) is 0 Å². The summed E-state index contributed by atoms with van der Waals surface area (Å²) in [7, 11) is 6.93. The fraction of sp³-hybridized carbons (Fsp3) is 0.304. The number of hydrogen-bond donors (Lipinski definition) is 0. The molecule has 2 aromatic carbocycles. The topological polar surface area (TPSA) is 72.2 Å². The summed E-state index contributed by atoms with van der Waals surface area (Å²) in [6.45, 7) is 1.01. The lowest BCUT2D eigenvalue weighted by Crippen LogP contribution is -2.35. The number of methoxy groups -OCH3 is 2. The zero-order valence-corrected chi connectivity index (χ0v) is 18.5. The van der Waals surface area contributed by atoms with Gasteiger partial charge in [0, 0.05) is 23.7 Å². The molecular weight excluding hydrogens is 420 g/mol. The predicted octanol–water partition coefficient (Wildman–Crippen LogP) is 3.57. The average molecular weight is 443 g/mol. The third-order valence-electron chi connectivity index (χ3n) is 5.44. The first-order valence-electron chi connectivity index (χ1n) is 9.80. The second-order valence-corrected chi connectivity index (χ2v) is 8.04. The van der Waals surface area contributed by atoms with Crippen LogP contribution in [0, 0.1) is 0 Å². The summed E-state index contributed by atoms with van der Waals surface area (Å²) in [6.07, 6.45) is 0. The molecule has 1 amide bonds. The van der Waals surface area contributed by atoms with Gasteiger partial charge in [0.25, 0.3) is 5.91 Å². The van der Waals surface area contributed by atoms with E-state index in [4.69, 9.17) is 25.5 Å². The van der Waals surface area contributed by atoms with Gasteiger partial charge in [-0.05, 0) is 38.4 Å². The van der Waals surface area contributed by atoms with Crippen molar-refractivity contribution in [2.75, 3.05) is 41.4 Å². The molecule has 162 valence electrons. The van der Waals surface area contributed by atoms with E-state index < -0.39 is 6.04 Å². The van der Waals surface area contributed by atoms with Crippen molar-refractivity contribution in [1.82, 2.24) is 9.80 Å². The van der Waals surface area contributed by atoms with Gasteiger partial charge in [-0.2, -0.15) is 0 Å². The standard InChI is InChI=1S/C23H23ClN2O5/c1-25(2)10-11-26-19(14-6-5-7-17(29-3)21(14)30-4)18-20(27)15-12-13(24)8-9-16(15)31-22(18)23(26)28/h5-9,12,19H,10-11H2,1-4H3/t19-/m1/s1. The minimum Gasteiger partial charge on any atom is -0.493 e. The molecule has 0 saturated heterocycles. The van der Waals surface area contributed by atoms with Crippen LogP contribution in [-0.4, -0.2) is 57.1 Å². The maximum atomic E-state index is 13.6. The van der Waals surface area contributed by atoms with Gasteiger partial charge in [-0.3, -0.25) is 9.59 Å². The molecule has 0 fully saturated rings. The molecule has 8 heteroatoms. The molecule has 31 heavy (non-hydrogen) atoms. The Morgan fingerprint density at radius 3 is 2.58 bits per heavy atom. The van der Waals surface area contributed by atoms with Crippen molar-refractivity contribution in [2.24, 2.45) is 0 Å². The normalized spacial score (nSPS) is 15.6. The van der Waals surface area contributed by atoms with Crippen molar-refractivity contribution >= 4 is 28.5 Å². The first-order valence-corrected chi connectivity index (χ1v) is 10.2. The number of para-hydroxylation sites is 1. The van der Waals surface area contributed by atoms with E-state index in [1.165, 1.54) is 7.11 Å². The van der Waals surface area contributed by atoms with E-state index in [2.05, 4.69) is 0 Å². The van der Waals surface area contributed by atoms with Crippen LogP contribution in [0.4, 0.5) is 0 Å². The van der Waals surface area contributed by atoms with Gasteiger partial charge in [0.15, 0.2) is 16.9 Å². The molecule has 7 nitrogen and oxygen atoms in total. The second kappa shape index (κ2) is 8.24. The van der Waals surface area contributed by atoms with E-state index in [1.807, 2.05) is 31.1 Å². The highest BCUT2D eigenvalue weighted by Gasteiger charge is 2.44. The Morgan fingerprint density at radius 1 is 1.13 bits per heavy atom. The van der Waals surface area contributed by atoms with Crippen molar-refractivity contribution in [3.05, 3.63) is 68.5 Å². The number of carbonyl (C=O) groups excluding carboxylic acids is 1. The van der Waals surface area contributed by atoms with Crippen molar-refractivity contribution in [3.63, 3.8) is 0 Å². The zero-order chi connectivity index (χ0) is 22.3. The molecule has 0 radical (unpaired) electrons. The van der Waals surface area contributed by atoms with Crippen LogP contribution in [0.3, 0.4) is 0 Å². The molecule has 3 aromatic rings. The van der Waals surface area contributed by atoms with Crippen LogP contribution < -0.4 is 14.9 Å². The number of ether oxygens (including phenoxy) is 2. The van der Waals surface area contributed by atoms with Crippen molar-refractivity contribution in [3.8, 4) is 11.5 Å². The molecule has 0 spiro atoms. The van der Waals surface area contributed by atoms with Crippen LogP contribution in [-0.2, 0) is 0 Å². The van der Waals surface area contributed by atoms with Gasteiger partial charge in [-0.15, -0.1) is 0 Å². The predicted molar refractivity (Wildman–Crippen MR) is 118 cm³/mol. The number of halogens is 1. The Labute approximate surface area is 184 Å². The molecule has 4 rings (SSSR count). The number of likely N-dealkylation sites (N-methyl/N-ethyl adjacent to an activating group) is 1. The largest absolute Gasteiger partial charge is 0.493 e. The number of rotatable bonds is 6. The maximum Gasteiger partial charge on any atom is 0.290 e. The summed E-state index contributed by atoms with van der Waals surface area (Å²) in [5.41, 5.74) is 0.980. The van der Waals surface area contributed by atoms with E-state index in [9.17, 15) is 9.59 Å². The first kappa shape index (κ1) is 21.2. The van der Waals surface area contributed by atoms with Gasteiger partial charge in [-0.25, -0.2) is 0 Å². The third-order valence-corrected chi connectivity index (χ3v) is 5.68. The molecule has 0 aliphatic carbocycles. The van der Waals surface area contributed by atoms with Crippen LogP contribution in [0.15, 0.2) is 45.6 Å². The van der Waals surface area contributed by atoms with E-state index in [0.29, 0.717) is 46.1 Å². The number of hydrogen-bond acceptors (Lipinski definition) is 6. The van der Waals surface area contributed by atoms with Gasteiger partial charge in [0.1, 0.15) is 5.58 Å². The number of fused-ring (bicyclic) bond motifs is 2. The smallest absolute Gasteiger partial charge is 0.290 e. The fourth-order valence-corrected chi connectivity index (χ4v) is 4.15. The zero-order valence-electron chi connectivity index (χ0n) is 17.8. The molecule has 1 atom stereocenters. The fourth-order valence-electron chi connectivity index (χ4n) is 3.98. The lowest BCUT2D eigenvalue weighted by Gasteiger charge is -2.28. The summed E-state index contributed by atoms with van der Waals surface area (Å²) in [5.74, 6) is 0.701. The summed E-state index contributed by atoms with van der Waals surface area (Å²) >= 11 is 6.12. The average Bonchev–Trinajstić information content (AvgIpc) is 3.03. The molecule has 1 aliphatic heterocycles. The van der Waals surface area contributed by atoms with E-state index >= 15 is 0 Å². The van der Waals surface area contributed by atoms with Crippen LogP contribution in [0.5, 0.6) is 11.5 Å². The maximum absolute atomic E-state index is 13.6. The van der Waals surface area contributed by atoms with Crippen molar-refractivity contribution < 1.29 is 18.7 Å². The number of benzene rings is 2. The minimum absolute atomic E-state index is 0.0495. The Morgan fingerprint density at radius 2 is 1.90 bits per heavy atom. The highest BCUT2D eigenvalue weighted by molar-refractivity contribution is 6.31. The molecule has 0 saturated carbocycles. The Hall–Kier alpha value is -3.03. The Balaban J connectivity index is 2.00. The number of nitrogens with zero attached hydrogens (tertiary/aromatic N) is 2. The van der Waals surface area contributed by atoms with Gasteiger partial charge in [0.2, 0.25) is 5.76 Å². The van der Waals surface area contributed by atoms with Crippen LogP contribution in [0.2, 0.25) is 5.02 Å². The van der Waals surface area contributed by atoms with Gasteiger partial charge < -0.3 is 23.7 Å². The molecule has 0 bridgehead atoms. The quantitative estimate of drug-likeness (QED) is 0.581. The number of amides is 1. The Bertz CT molecular complexity index is 1220. The molecule has 1 aliphatic rings. The van der Waals surface area contributed by atoms with Crippen LogP contribution >= 0.6 is 11.6 Å². The summed E-state index contributed by atoms with van der Waals surface area (Å²) in [5, 5.41) is 0.754. The van der Waals surface area contributed by atoms with Crippen LogP contribution in [0.25, 0.3) is 11.0 Å². The van der Waals surface area contributed by atoms with Crippen LogP contribution in [0.1, 0.15) is 27.7 Å². The minimum atomic E-state index is -0.674. The Kier molecular flexibility index (Phi) is 5.64. The van der Waals surface area contributed by atoms with Gasteiger partial charge in [0.05, 0.1) is 31.2 Å². The first-order chi connectivity index (χ1) is 14.9. The molecule has 2 heterocycles. The van der Waals surface area contributed by atoms with E-state index in [1.54, 1.807) is 36.3 Å². The monoisotopic (exact) mass is 442 g/mol. The lowest BCUT2D eigenvalue weighted by molar-refractivity contribution is 0.0715. The number of carbonyl (C=O) groups is 1. The molecule has 0 N–H and O–H groups in total. The highest BCUT2D eigenvalue weighted by atomic mass is 35.5. The molecular formula is C23H23ClN2O5. The summed E-state index contributed by atoms with van der Waals surface area (Å²) < 4.78 is 17.0. The van der Waals surface area contributed by atoms with E-state index in [-0.39, 0.29) is 22.7 Å². The van der Waals surface area contributed by atoms with Crippen molar-refractivity contribution in [2.45, 2.75) is 6.04 Å². The lowest BCUT2D eigenvalue weighted by atomic mass is 9.97. The SMILES string of the molecule is COc1cccc([C@@H]2c3c(oc4ccc(Cl)cc4c3=O)C(=O)N2CCN(C)C)c1OC. The molecule has 1 aromatic heterocycles.